The second-order valence-corrected chi connectivity index (χ2v) is 6.77. The Bertz CT molecular complexity index is 653. The van der Waals surface area contributed by atoms with Gasteiger partial charge in [-0.05, 0) is 41.7 Å². The van der Waals surface area contributed by atoms with Crippen LogP contribution in [0.2, 0.25) is 0 Å². The molecule has 3 rings (SSSR count). The number of ether oxygens (including phenoxy) is 1. The number of nitrogens with one attached hydrogen (secondary N) is 1. The molecule has 3 N–H and O–H groups in total. The van der Waals surface area contributed by atoms with E-state index in [9.17, 15) is 4.79 Å². The third-order valence-corrected chi connectivity index (χ3v) is 5.58. The van der Waals surface area contributed by atoms with Crippen molar-refractivity contribution in [1.82, 2.24) is 5.32 Å². The predicted molar refractivity (Wildman–Crippen MR) is 97.3 cm³/mol. The summed E-state index contributed by atoms with van der Waals surface area (Å²) < 4.78 is 6.65. The van der Waals surface area contributed by atoms with Crippen molar-refractivity contribution in [3.63, 3.8) is 0 Å². The van der Waals surface area contributed by atoms with Gasteiger partial charge in [0.1, 0.15) is 0 Å². The molecule has 0 radical (unpaired) electrons. The lowest BCUT2D eigenvalue weighted by Crippen LogP contribution is -2.49. The minimum absolute atomic E-state index is 0. The molecule has 0 atom stereocenters. The summed E-state index contributed by atoms with van der Waals surface area (Å²) >= 11 is 1.76. The van der Waals surface area contributed by atoms with Crippen molar-refractivity contribution >= 4 is 39.7 Å². The fourth-order valence-corrected chi connectivity index (χ4v) is 4.01. The van der Waals surface area contributed by atoms with Crippen molar-refractivity contribution in [3.8, 4) is 0 Å². The molecule has 0 saturated carbocycles. The zero-order valence-corrected chi connectivity index (χ0v) is 14.7. The van der Waals surface area contributed by atoms with Crippen LogP contribution in [0.25, 0.3) is 10.1 Å². The summed E-state index contributed by atoms with van der Waals surface area (Å²) in [5.74, 6) is 0.0813. The number of halogens is 1. The predicted octanol–water partition coefficient (Wildman–Crippen LogP) is 2.74. The van der Waals surface area contributed by atoms with E-state index in [4.69, 9.17) is 10.5 Å². The first-order chi connectivity index (χ1) is 10.7. The molecule has 1 aromatic carbocycles. The molecule has 1 saturated heterocycles. The van der Waals surface area contributed by atoms with Crippen molar-refractivity contribution in [1.29, 1.82) is 0 Å². The summed E-state index contributed by atoms with van der Waals surface area (Å²) in [5, 5.41) is 6.55. The fourth-order valence-electron chi connectivity index (χ4n) is 3.01. The average Bonchev–Trinajstić information content (AvgIpc) is 2.99. The molecule has 2 heterocycles. The number of thiophene rings is 1. The first-order valence-corrected chi connectivity index (χ1v) is 8.64. The van der Waals surface area contributed by atoms with Crippen molar-refractivity contribution in [3.05, 3.63) is 35.2 Å². The number of carbonyl (C=O) groups is 1. The van der Waals surface area contributed by atoms with Gasteiger partial charge in [-0.25, -0.2) is 0 Å². The van der Waals surface area contributed by atoms with Crippen LogP contribution in [0.5, 0.6) is 0 Å². The quantitative estimate of drug-likeness (QED) is 0.867. The van der Waals surface area contributed by atoms with Crippen LogP contribution < -0.4 is 11.1 Å². The molecular formula is C17H23ClN2O2S. The number of amides is 1. The Balaban J connectivity index is 0.00000192. The van der Waals surface area contributed by atoms with Gasteiger partial charge in [0.15, 0.2) is 0 Å². The standard InChI is InChI=1S/C17H22N2O2S.ClH/c18-12-17(6-9-21-10-7-17)16(20)19-8-5-13-11-22-15-4-2-1-3-14(13)15;/h1-4,11H,5-10,12,18H2,(H,19,20);1H. The van der Waals surface area contributed by atoms with E-state index in [0.29, 0.717) is 26.3 Å². The molecule has 1 fully saturated rings. The maximum atomic E-state index is 12.5. The lowest BCUT2D eigenvalue weighted by Gasteiger charge is -2.34. The fraction of sp³-hybridized carbons (Fsp3) is 0.471. The highest BCUT2D eigenvalue weighted by Gasteiger charge is 2.38. The first-order valence-electron chi connectivity index (χ1n) is 7.76. The van der Waals surface area contributed by atoms with Gasteiger partial charge < -0.3 is 15.8 Å². The van der Waals surface area contributed by atoms with Gasteiger partial charge in [0.05, 0.1) is 5.41 Å². The smallest absolute Gasteiger partial charge is 0.227 e. The number of rotatable bonds is 5. The molecule has 4 nitrogen and oxygen atoms in total. The van der Waals surface area contributed by atoms with E-state index in [1.54, 1.807) is 11.3 Å². The van der Waals surface area contributed by atoms with E-state index < -0.39 is 5.41 Å². The largest absolute Gasteiger partial charge is 0.381 e. The van der Waals surface area contributed by atoms with Crippen LogP contribution in [0.15, 0.2) is 29.6 Å². The molecule has 0 spiro atoms. The van der Waals surface area contributed by atoms with Gasteiger partial charge >= 0.3 is 0 Å². The minimum atomic E-state index is -0.436. The van der Waals surface area contributed by atoms with E-state index in [-0.39, 0.29) is 18.3 Å². The summed E-state index contributed by atoms with van der Waals surface area (Å²) in [4.78, 5) is 12.5. The van der Waals surface area contributed by atoms with Crippen LogP contribution in [0.4, 0.5) is 0 Å². The summed E-state index contributed by atoms with van der Waals surface area (Å²) in [6, 6.07) is 8.39. The Morgan fingerprint density at radius 1 is 1.30 bits per heavy atom. The monoisotopic (exact) mass is 354 g/mol. The van der Waals surface area contributed by atoms with Crippen molar-refractivity contribution in [2.24, 2.45) is 11.1 Å². The molecule has 6 heteroatoms. The number of fused-ring (bicyclic) bond motifs is 1. The van der Waals surface area contributed by atoms with E-state index in [1.807, 2.05) is 0 Å². The average molecular weight is 355 g/mol. The second kappa shape index (κ2) is 8.11. The lowest BCUT2D eigenvalue weighted by atomic mass is 9.79. The highest BCUT2D eigenvalue weighted by Crippen LogP contribution is 2.30. The second-order valence-electron chi connectivity index (χ2n) is 5.86. The van der Waals surface area contributed by atoms with E-state index in [0.717, 1.165) is 19.3 Å². The van der Waals surface area contributed by atoms with Crippen LogP contribution >= 0.6 is 23.7 Å². The van der Waals surface area contributed by atoms with Gasteiger partial charge in [0.25, 0.3) is 0 Å². The number of hydrogen-bond acceptors (Lipinski definition) is 4. The van der Waals surface area contributed by atoms with E-state index in [1.165, 1.54) is 15.6 Å². The zero-order chi connectivity index (χ0) is 15.4. The highest BCUT2D eigenvalue weighted by atomic mass is 35.5. The number of nitrogens with two attached hydrogens (primary N) is 1. The molecule has 126 valence electrons. The summed E-state index contributed by atoms with van der Waals surface area (Å²) in [7, 11) is 0. The van der Waals surface area contributed by atoms with Crippen molar-refractivity contribution in [2.75, 3.05) is 26.3 Å². The maximum Gasteiger partial charge on any atom is 0.227 e. The molecule has 1 aliphatic rings. The molecule has 0 unspecified atom stereocenters. The number of benzene rings is 1. The zero-order valence-electron chi connectivity index (χ0n) is 13.0. The first kappa shape index (κ1) is 18.2. The van der Waals surface area contributed by atoms with E-state index >= 15 is 0 Å². The van der Waals surface area contributed by atoms with Crippen LogP contribution in [0.1, 0.15) is 18.4 Å². The van der Waals surface area contributed by atoms with Gasteiger partial charge in [0.2, 0.25) is 5.91 Å². The van der Waals surface area contributed by atoms with Gasteiger partial charge in [-0.3, -0.25) is 4.79 Å². The highest BCUT2D eigenvalue weighted by molar-refractivity contribution is 7.17. The Labute approximate surface area is 146 Å². The van der Waals surface area contributed by atoms with Crippen molar-refractivity contribution < 1.29 is 9.53 Å². The molecule has 1 aromatic heterocycles. The third-order valence-electron chi connectivity index (χ3n) is 4.56. The summed E-state index contributed by atoms with van der Waals surface area (Å²) in [5.41, 5.74) is 6.73. The molecular weight excluding hydrogens is 332 g/mol. The topological polar surface area (TPSA) is 64.4 Å². The molecule has 1 aliphatic heterocycles. The summed E-state index contributed by atoms with van der Waals surface area (Å²) in [6.45, 7) is 2.30. The number of hydrogen-bond donors (Lipinski definition) is 2. The molecule has 2 aromatic rings. The van der Waals surface area contributed by atoms with Crippen LogP contribution in [-0.4, -0.2) is 32.2 Å². The Hall–Kier alpha value is -1.14. The lowest BCUT2D eigenvalue weighted by molar-refractivity contribution is -0.135. The third kappa shape index (κ3) is 3.86. The van der Waals surface area contributed by atoms with Gasteiger partial charge in [0, 0.05) is 31.0 Å². The summed E-state index contributed by atoms with van der Waals surface area (Å²) in [6.07, 6.45) is 2.29. The van der Waals surface area contributed by atoms with Gasteiger partial charge in [-0.15, -0.1) is 23.7 Å². The van der Waals surface area contributed by atoms with Crippen LogP contribution in [0, 0.1) is 5.41 Å². The van der Waals surface area contributed by atoms with Crippen LogP contribution in [0.3, 0.4) is 0 Å². The Morgan fingerprint density at radius 2 is 2.04 bits per heavy atom. The molecule has 1 amide bonds. The SMILES string of the molecule is Cl.NCC1(C(=O)NCCc2csc3ccccc23)CCOCC1. The van der Waals surface area contributed by atoms with Gasteiger partial charge in [-0.1, -0.05) is 18.2 Å². The molecule has 0 aliphatic carbocycles. The van der Waals surface area contributed by atoms with Gasteiger partial charge in [-0.2, -0.15) is 0 Å². The van der Waals surface area contributed by atoms with Crippen molar-refractivity contribution in [2.45, 2.75) is 19.3 Å². The normalized spacial score (nSPS) is 16.7. The minimum Gasteiger partial charge on any atom is -0.381 e. The van der Waals surface area contributed by atoms with Crippen LogP contribution in [-0.2, 0) is 16.0 Å². The Morgan fingerprint density at radius 3 is 2.78 bits per heavy atom. The number of carbonyl (C=O) groups excluding carboxylic acids is 1. The van der Waals surface area contributed by atoms with E-state index in [2.05, 4.69) is 35.0 Å². The molecule has 0 bridgehead atoms. The molecule has 23 heavy (non-hydrogen) atoms. The Kier molecular flexibility index (Phi) is 6.41. The maximum absolute atomic E-state index is 12.5.